The monoisotopic (exact) mass is 287 g/mol. The summed E-state index contributed by atoms with van der Waals surface area (Å²) >= 11 is 0. The average molecular weight is 287 g/mol. The summed E-state index contributed by atoms with van der Waals surface area (Å²) in [6.45, 7) is 2.31. The number of methoxy groups -OCH3 is 1. The lowest BCUT2D eigenvalue weighted by atomic mass is 10.1. The van der Waals surface area contributed by atoms with Crippen LogP contribution in [-0.4, -0.2) is 27.9 Å². The highest BCUT2D eigenvalue weighted by molar-refractivity contribution is 7.89. The van der Waals surface area contributed by atoms with Gasteiger partial charge >= 0.3 is 0 Å². The minimum atomic E-state index is -3.48. The maximum Gasteiger partial charge on any atom is 0.209 e. The van der Waals surface area contributed by atoms with Crippen molar-refractivity contribution in [1.29, 1.82) is 0 Å². The van der Waals surface area contributed by atoms with E-state index in [4.69, 9.17) is 14.6 Å². The molecule has 0 aliphatic heterocycles. The van der Waals surface area contributed by atoms with Gasteiger partial charge in [0.05, 0.1) is 19.5 Å². The van der Waals surface area contributed by atoms with Crippen LogP contribution in [0.15, 0.2) is 24.3 Å². The zero-order valence-electron chi connectivity index (χ0n) is 11.3. The predicted molar refractivity (Wildman–Crippen MR) is 74.9 cm³/mol. The van der Waals surface area contributed by atoms with Crippen LogP contribution in [0.2, 0.25) is 0 Å². The number of rotatable bonds is 8. The van der Waals surface area contributed by atoms with E-state index in [-0.39, 0.29) is 11.7 Å². The maximum absolute atomic E-state index is 11.1. The fourth-order valence-corrected chi connectivity index (χ4v) is 2.82. The number of primary sulfonamides is 1. The molecule has 6 heteroatoms. The van der Waals surface area contributed by atoms with E-state index < -0.39 is 10.0 Å². The third-order valence-corrected chi connectivity index (χ3v) is 3.64. The molecule has 0 aromatic heterocycles. The van der Waals surface area contributed by atoms with E-state index in [0.29, 0.717) is 18.1 Å². The minimum absolute atomic E-state index is 0.0595. The molecule has 1 atom stereocenters. The summed E-state index contributed by atoms with van der Waals surface area (Å²) < 4.78 is 33.1. The molecule has 2 N–H and O–H groups in total. The van der Waals surface area contributed by atoms with Crippen molar-refractivity contribution >= 4 is 10.0 Å². The molecule has 0 aliphatic rings. The molecule has 108 valence electrons. The molecule has 1 aromatic rings. The Morgan fingerprint density at radius 1 is 1.26 bits per heavy atom. The van der Waals surface area contributed by atoms with E-state index in [1.54, 1.807) is 19.2 Å². The minimum Gasteiger partial charge on any atom is -0.493 e. The average Bonchev–Trinajstić information content (AvgIpc) is 2.35. The van der Waals surface area contributed by atoms with Gasteiger partial charge in [-0.25, -0.2) is 13.6 Å². The Balaban J connectivity index is 2.65. The topological polar surface area (TPSA) is 78.6 Å². The third-order valence-electron chi connectivity index (χ3n) is 2.71. The second kappa shape index (κ2) is 7.35. The summed E-state index contributed by atoms with van der Waals surface area (Å²) in [4.78, 5) is 0. The molecule has 1 rings (SSSR count). The summed E-state index contributed by atoms with van der Waals surface area (Å²) in [5.41, 5.74) is 0. The van der Waals surface area contributed by atoms with Gasteiger partial charge in [0.2, 0.25) is 10.0 Å². The lowest BCUT2D eigenvalue weighted by Crippen LogP contribution is -2.27. The van der Waals surface area contributed by atoms with Crippen LogP contribution in [0.25, 0.3) is 0 Å². The van der Waals surface area contributed by atoms with Gasteiger partial charge in [0, 0.05) is 5.92 Å². The Hall–Kier alpha value is -1.27. The lowest BCUT2D eigenvalue weighted by Gasteiger charge is -2.17. The summed E-state index contributed by atoms with van der Waals surface area (Å²) in [5.74, 6) is 1.08. The van der Waals surface area contributed by atoms with Gasteiger partial charge < -0.3 is 9.47 Å². The fraction of sp³-hybridized carbons (Fsp3) is 0.538. The first kappa shape index (κ1) is 15.8. The van der Waals surface area contributed by atoms with Gasteiger partial charge in [0.15, 0.2) is 11.5 Å². The van der Waals surface area contributed by atoms with E-state index in [2.05, 4.69) is 0 Å². The molecule has 0 radical (unpaired) electrons. The molecule has 0 amide bonds. The zero-order valence-corrected chi connectivity index (χ0v) is 12.2. The highest BCUT2D eigenvalue weighted by atomic mass is 32.2. The van der Waals surface area contributed by atoms with Crippen LogP contribution in [0.5, 0.6) is 11.5 Å². The number of hydrogen-bond donors (Lipinski definition) is 1. The van der Waals surface area contributed by atoms with E-state index in [9.17, 15) is 8.42 Å². The molecule has 0 fully saturated rings. The van der Waals surface area contributed by atoms with Crippen molar-refractivity contribution in [2.45, 2.75) is 19.8 Å². The smallest absolute Gasteiger partial charge is 0.209 e. The van der Waals surface area contributed by atoms with Crippen LogP contribution in [0.1, 0.15) is 19.8 Å². The van der Waals surface area contributed by atoms with Gasteiger partial charge in [-0.15, -0.1) is 0 Å². The second-order valence-corrected chi connectivity index (χ2v) is 6.11. The van der Waals surface area contributed by atoms with Crippen LogP contribution in [0, 0.1) is 5.92 Å². The second-order valence-electron chi connectivity index (χ2n) is 4.45. The Morgan fingerprint density at radius 2 is 1.89 bits per heavy atom. The summed E-state index contributed by atoms with van der Waals surface area (Å²) in [6.07, 6.45) is 1.64. The Bertz CT molecular complexity index is 487. The Labute approximate surface area is 114 Å². The van der Waals surface area contributed by atoms with E-state index >= 15 is 0 Å². The normalized spacial score (nSPS) is 13.0. The summed E-state index contributed by atoms with van der Waals surface area (Å²) in [6, 6.07) is 7.27. The van der Waals surface area contributed by atoms with Crippen molar-refractivity contribution in [3.05, 3.63) is 24.3 Å². The molecule has 0 saturated heterocycles. The molecular weight excluding hydrogens is 266 g/mol. The lowest BCUT2D eigenvalue weighted by molar-refractivity contribution is 0.241. The quantitative estimate of drug-likeness (QED) is 0.790. The molecule has 0 spiro atoms. The van der Waals surface area contributed by atoms with E-state index in [1.807, 2.05) is 19.1 Å². The van der Waals surface area contributed by atoms with Crippen molar-refractivity contribution in [3.63, 3.8) is 0 Å². The SMILES string of the molecule is CCCC(COc1ccccc1OC)CS(N)(=O)=O. The number of benzene rings is 1. The molecule has 1 unspecified atom stereocenters. The molecule has 19 heavy (non-hydrogen) atoms. The van der Waals surface area contributed by atoms with Crippen molar-refractivity contribution < 1.29 is 17.9 Å². The molecule has 0 saturated carbocycles. The standard InChI is InChI=1S/C13H21NO4S/c1-3-6-11(10-19(14,15)16)9-18-13-8-5-4-7-12(13)17-2/h4-5,7-8,11H,3,6,9-10H2,1-2H3,(H2,14,15,16). The first-order valence-electron chi connectivity index (χ1n) is 6.22. The molecule has 0 bridgehead atoms. The van der Waals surface area contributed by atoms with Crippen LogP contribution < -0.4 is 14.6 Å². The summed E-state index contributed by atoms with van der Waals surface area (Å²) in [5, 5.41) is 5.08. The number of para-hydroxylation sites is 2. The highest BCUT2D eigenvalue weighted by Crippen LogP contribution is 2.26. The number of nitrogens with two attached hydrogens (primary N) is 1. The maximum atomic E-state index is 11.1. The van der Waals surface area contributed by atoms with Gasteiger partial charge in [0.25, 0.3) is 0 Å². The van der Waals surface area contributed by atoms with Crippen molar-refractivity contribution in [2.75, 3.05) is 19.5 Å². The Kier molecular flexibility index (Phi) is 6.11. The van der Waals surface area contributed by atoms with Crippen LogP contribution in [-0.2, 0) is 10.0 Å². The molecule has 1 aromatic carbocycles. The number of sulfonamides is 1. The van der Waals surface area contributed by atoms with Gasteiger partial charge in [-0.3, -0.25) is 0 Å². The highest BCUT2D eigenvalue weighted by Gasteiger charge is 2.16. The molecule has 5 nitrogen and oxygen atoms in total. The summed E-state index contributed by atoms with van der Waals surface area (Å²) in [7, 11) is -1.91. The molecule has 0 heterocycles. The predicted octanol–water partition coefficient (Wildman–Crippen LogP) is 1.78. The van der Waals surface area contributed by atoms with Crippen molar-refractivity contribution in [3.8, 4) is 11.5 Å². The van der Waals surface area contributed by atoms with Gasteiger partial charge in [-0.05, 0) is 18.6 Å². The first-order chi connectivity index (χ1) is 8.96. The largest absolute Gasteiger partial charge is 0.493 e. The first-order valence-corrected chi connectivity index (χ1v) is 7.94. The van der Waals surface area contributed by atoms with Gasteiger partial charge in [-0.1, -0.05) is 25.5 Å². The molecule has 0 aliphatic carbocycles. The van der Waals surface area contributed by atoms with Crippen LogP contribution in [0.4, 0.5) is 0 Å². The van der Waals surface area contributed by atoms with Crippen molar-refractivity contribution in [2.24, 2.45) is 11.1 Å². The fourth-order valence-electron chi connectivity index (χ4n) is 1.90. The van der Waals surface area contributed by atoms with Crippen LogP contribution >= 0.6 is 0 Å². The zero-order chi connectivity index (χ0) is 14.3. The third kappa shape index (κ3) is 5.94. The number of ether oxygens (including phenoxy) is 2. The Morgan fingerprint density at radius 3 is 2.42 bits per heavy atom. The van der Waals surface area contributed by atoms with Gasteiger partial charge in [-0.2, -0.15) is 0 Å². The van der Waals surface area contributed by atoms with E-state index in [1.165, 1.54) is 0 Å². The van der Waals surface area contributed by atoms with Crippen LogP contribution in [0.3, 0.4) is 0 Å². The van der Waals surface area contributed by atoms with E-state index in [0.717, 1.165) is 12.8 Å². The van der Waals surface area contributed by atoms with Crippen molar-refractivity contribution in [1.82, 2.24) is 0 Å². The molecular formula is C13H21NO4S. The van der Waals surface area contributed by atoms with Gasteiger partial charge in [0.1, 0.15) is 0 Å². The number of hydrogen-bond acceptors (Lipinski definition) is 4.